The van der Waals surface area contributed by atoms with E-state index in [0.717, 1.165) is 0 Å². The Hall–Kier alpha value is -0.970. The predicted molar refractivity (Wildman–Crippen MR) is 88.9 cm³/mol. The van der Waals surface area contributed by atoms with E-state index in [1.165, 1.54) is 12.8 Å². The summed E-state index contributed by atoms with van der Waals surface area (Å²) in [5.41, 5.74) is 6.66. The first-order chi connectivity index (χ1) is 9.81. The van der Waals surface area contributed by atoms with Gasteiger partial charge in [-0.05, 0) is 51.8 Å². The number of rotatable bonds is 5. The lowest BCUT2D eigenvalue weighted by Crippen LogP contribution is -2.45. The molecule has 21 heavy (non-hydrogen) atoms. The number of nitrogens with one attached hydrogen (secondary N) is 1. The van der Waals surface area contributed by atoms with Crippen LogP contribution in [0.4, 0.5) is 11.4 Å². The fourth-order valence-corrected chi connectivity index (χ4v) is 2.96. The molecule has 1 aromatic carbocycles. The van der Waals surface area contributed by atoms with Crippen LogP contribution in [0.3, 0.4) is 0 Å². The van der Waals surface area contributed by atoms with Gasteiger partial charge in [0, 0.05) is 11.1 Å². The number of benzene rings is 1. The molecule has 2 unspecified atom stereocenters. The van der Waals surface area contributed by atoms with Crippen LogP contribution in [0.2, 0.25) is 10.0 Å². The lowest BCUT2D eigenvalue weighted by Gasteiger charge is -2.30. The van der Waals surface area contributed by atoms with Crippen LogP contribution in [-0.4, -0.2) is 29.9 Å². The number of hydrogen-bond donors (Lipinski definition) is 2. The van der Waals surface area contributed by atoms with Gasteiger partial charge in [0.05, 0.1) is 22.4 Å². The van der Waals surface area contributed by atoms with Gasteiger partial charge in [-0.3, -0.25) is 9.69 Å². The molecule has 2 atom stereocenters. The van der Waals surface area contributed by atoms with E-state index in [0.29, 0.717) is 33.4 Å². The van der Waals surface area contributed by atoms with Gasteiger partial charge in [0.2, 0.25) is 5.91 Å². The van der Waals surface area contributed by atoms with E-state index in [-0.39, 0.29) is 11.9 Å². The molecule has 1 amide bonds. The molecule has 1 saturated carbocycles. The molecular formula is C15H21Cl2N3O. The van der Waals surface area contributed by atoms with Crippen LogP contribution in [0.5, 0.6) is 0 Å². The zero-order valence-corrected chi connectivity index (χ0v) is 14.0. The smallest absolute Gasteiger partial charge is 0.241 e. The van der Waals surface area contributed by atoms with Gasteiger partial charge in [0.1, 0.15) is 0 Å². The van der Waals surface area contributed by atoms with E-state index in [4.69, 9.17) is 28.9 Å². The number of nitrogens with two attached hydrogens (primary N) is 1. The second-order valence-electron chi connectivity index (χ2n) is 5.76. The summed E-state index contributed by atoms with van der Waals surface area (Å²) in [6, 6.07) is 3.27. The molecule has 3 N–H and O–H groups in total. The first-order valence-electron chi connectivity index (χ1n) is 7.08. The van der Waals surface area contributed by atoms with Crippen LogP contribution < -0.4 is 11.1 Å². The molecule has 116 valence electrons. The predicted octanol–water partition coefficient (Wildman–Crippen LogP) is 3.63. The third-order valence-corrected chi connectivity index (χ3v) is 4.79. The summed E-state index contributed by atoms with van der Waals surface area (Å²) in [4.78, 5) is 14.5. The molecule has 0 heterocycles. The second-order valence-corrected chi connectivity index (χ2v) is 6.60. The molecule has 2 rings (SSSR count). The summed E-state index contributed by atoms with van der Waals surface area (Å²) >= 11 is 12.0. The quantitative estimate of drug-likeness (QED) is 0.811. The Labute approximate surface area is 135 Å². The zero-order valence-electron chi connectivity index (χ0n) is 12.5. The van der Waals surface area contributed by atoms with E-state index < -0.39 is 0 Å². The van der Waals surface area contributed by atoms with Crippen molar-refractivity contribution in [1.82, 2.24) is 4.90 Å². The Balaban J connectivity index is 2.07. The highest BCUT2D eigenvalue weighted by molar-refractivity contribution is 6.37. The Kier molecular flexibility index (Phi) is 5.02. The topological polar surface area (TPSA) is 58.4 Å². The summed E-state index contributed by atoms with van der Waals surface area (Å²) in [6.07, 6.45) is 2.49. The minimum atomic E-state index is -0.258. The summed E-state index contributed by atoms with van der Waals surface area (Å²) < 4.78 is 0. The van der Waals surface area contributed by atoms with Crippen LogP contribution in [-0.2, 0) is 4.79 Å². The number of anilines is 2. The van der Waals surface area contributed by atoms with Crippen molar-refractivity contribution >= 4 is 40.5 Å². The highest BCUT2D eigenvalue weighted by atomic mass is 35.5. The van der Waals surface area contributed by atoms with Crippen LogP contribution in [0.15, 0.2) is 12.1 Å². The van der Waals surface area contributed by atoms with Gasteiger partial charge in [-0.2, -0.15) is 0 Å². The molecule has 0 spiro atoms. The fraction of sp³-hybridized carbons (Fsp3) is 0.533. The Bertz CT molecular complexity index is 523. The SMILES string of the molecule is CC(C(=O)Nc1c(N)cc(Cl)cc1Cl)N(C)C(C)C1CC1. The Morgan fingerprint density at radius 1 is 1.38 bits per heavy atom. The highest BCUT2D eigenvalue weighted by Crippen LogP contribution is 2.36. The first-order valence-corrected chi connectivity index (χ1v) is 7.84. The molecule has 0 aliphatic heterocycles. The van der Waals surface area contributed by atoms with Crippen molar-refractivity contribution in [2.45, 2.75) is 38.8 Å². The minimum Gasteiger partial charge on any atom is -0.397 e. The third kappa shape index (κ3) is 3.82. The average Bonchev–Trinajstić information content (AvgIpc) is 3.24. The van der Waals surface area contributed by atoms with Crippen LogP contribution in [0, 0.1) is 5.92 Å². The fourth-order valence-electron chi connectivity index (χ4n) is 2.40. The number of carbonyl (C=O) groups is 1. The van der Waals surface area contributed by atoms with Gasteiger partial charge in [0.25, 0.3) is 0 Å². The van der Waals surface area contributed by atoms with Gasteiger partial charge < -0.3 is 11.1 Å². The summed E-state index contributed by atoms with van der Waals surface area (Å²) in [5.74, 6) is 0.579. The van der Waals surface area contributed by atoms with Crippen molar-refractivity contribution in [3.8, 4) is 0 Å². The number of amides is 1. The summed E-state index contributed by atoms with van der Waals surface area (Å²) in [7, 11) is 1.97. The summed E-state index contributed by atoms with van der Waals surface area (Å²) in [6.45, 7) is 4.04. The lowest BCUT2D eigenvalue weighted by molar-refractivity contribution is -0.121. The summed E-state index contributed by atoms with van der Waals surface area (Å²) in [5, 5.41) is 3.60. The van der Waals surface area contributed by atoms with Crippen molar-refractivity contribution in [2.24, 2.45) is 5.92 Å². The molecule has 0 bridgehead atoms. The monoisotopic (exact) mass is 329 g/mol. The number of nitrogens with zero attached hydrogens (tertiary/aromatic N) is 1. The van der Waals surface area contributed by atoms with E-state index in [9.17, 15) is 4.79 Å². The number of hydrogen-bond acceptors (Lipinski definition) is 3. The molecule has 1 aliphatic rings. The normalized spacial score (nSPS) is 17.6. The maximum absolute atomic E-state index is 12.4. The van der Waals surface area contributed by atoms with Crippen LogP contribution >= 0.6 is 23.2 Å². The van der Waals surface area contributed by atoms with Crippen LogP contribution in [0.25, 0.3) is 0 Å². The average molecular weight is 330 g/mol. The number of halogens is 2. The maximum atomic E-state index is 12.4. The van der Waals surface area contributed by atoms with Gasteiger partial charge in [0.15, 0.2) is 0 Å². The Morgan fingerprint density at radius 3 is 2.52 bits per heavy atom. The molecule has 0 aromatic heterocycles. The molecule has 0 saturated heterocycles. The molecule has 1 aromatic rings. The lowest BCUT2D eigenvalue weighted by atomic mass is 10.1. The number of nitrogen functional groups attached to an aromatic ring is 1. The third-order valence-electron chi connectivity index (χ3n) is 4.27. The van der Waals surface area contributed by atoms with Crippen molar-refractivity contribution in [1.29, 1.82) is 0 Å². The Morgan fingerprint density at radius 2 is 2.00 bits per heavy atom. The van der Waals surface area contributed by atoms with Gasteiger partial charge in [-0.15, -0.1) is 0 Å². The van der Waals surface area contributed by atoms with E-state index in [1.54, 1.807) is 12.1 Å². The second kappa shape index (κ2) is 6.42. The molecule has 6 heteroatoms. The van der Waals surface area contributed by atoms with Crippen LogP contribution in [0.1, 0.15) is 26.7 Å². The molecule has 1 fully saturated rings. The number of carbonyl (C=O) groups excluding carboxylic acids is 1. The van der Waals surface area contributed by atoms with Crippen molar-refractivity contribution < 1.29 is 4.79 Å². The number of likely N-dealkylation sites (N-methyl/N-ethyl adjacent to an activating group) is 1. The van der Waals surface area contributed by atoms with Crippen molar-refractivity contribution in [3.63, 3.8) is 0 Å². The van der Waals surface area contributed by atoms with Gasteiger partial charge in [-0.25, -0.2) is 0 Å². The standard InChI is InChI=1S/C15H21Cl2N3O/c1-8(10-4-5-10)20(3)9(2)15(21)19-14-12(17)6-11(16)7-13(14)18/h6-10H,4-5,18H2,1-3H3,(H,19,21). The molecule has 4 nitrogen and oxygen atoms in total. The van der Waals surface area contributed by atoms with Gasteiger partial charge in [-0.1, -0.05) is 23.2 Å². The zero-order chi connectivity index (χ0) is 15.7. The van der Waals surface area contributed by atoms with Crippen molar-refractivity contribution in [2.75, 3.05) is 18.1 Å². The van der Waals surface area contributed by atoms with Crippen molar-refractivity contribution in [3.05, 3.63) is 22.2 Å². The van der Waals surface area contributed by atoms with E-state index in [2.05, 4.69) is 17.1 Å². The maximum Gasteiger partial charge on any atom is 0.241 e. The molecular weight excluding hydrogens is 309 g/mol. The highest BCUT2D eigenvalue weighted by Gasteiger charge is 2.34. The van der Waals surface area contributed by atoms with E-state index >= 15 is 0 Å². The first kappa shape index (κ1) is 16.4. The van der Waals surface area contributed by atoms with E-state index in [1.807, 2.05) is 14.0 Å². The van der Waals surface area contributed by atoms with Gasteiger partial charge >= 0.3 is 0 Å². The molecule has 1 aliphatic carbocycles. The largest absolute Gasteiger partial charge is 0.397 e. The minimum absolute atomic E-state index is 0.124. The molecule has 0 radical (unpaired) electrons.